The minimum absolute atomic E-state index is 0.0934. The van der Waals surface area contributed by atoms with E-state index in [4.69, 9.17) is 4.52 Å². The zero-order valence-electron chi connectivity index (χ0n) is 16.1. The van der Waals surface area contributed by atoms with Crippen LogP contribution in [0.5, 0.6) is 0 Å². The lowest BCUT2D eigenvalue weighted by atomic mass is 10.2. The molecule has 152 valence electrons. The fourth-order valence-corrected chi connectivity index (χ4v) is 5.38. The summed E-state index contributed by atoms with van der Waals surface area (Å²) < 4.78 is 31.6. The van der Waals surface area contributed by atoms with E-state index in [9.17, 15) is 13.2 Å². The Kier molecular flexibility index (Phi) is 6.48. The third kappa shape index (κ3) is 4.85. The smallest absolute Gasteiger partial charge is 0.227 e. The molecule has 0 N–H and O–H groups in total. The molecule has 1 unspecified atom stereocenters. The summed E-state index contributed by atoms with van der Waals surface area (Å²) in [6, 6.07) is -0.354. The molecule has 10 heteroatoms. The molecule has 0 spiro atoms. The van der Waals surface area contributed by atoms with Crippen molar-refractivity contribution in [1.82, 2.24) is 24.2 Å². The van der Waals surface area contributed by atoms with E-state index in [1.54, 1.807) is 0 Å². The van der Waals surface area contributed by atoms with Gasteiger partial charge in [-0.2, -0.15) is 9.29 Å². The highest BCUT2D eigenvalue weighted by Crippen LogP contribution is 2.33. The van der Waals surface area contributed by atoms with E-state index in [2.05, 4.69) is 22.1 Å². The number of aromatic nitrogens is 2. The van der Waals surface area contributed by atoms with E-state index in [0.717, 1.165) is 32.6 Å². The number of hydrogen-bond acceptors (Lipinski definition) is 7. The van der Waals surface area contributed by atoms with Crippen LogP contribution in [-0.4, -0.2) is 84.1 Å². The van der Waals surface area contributed by atoms with Crippen LogP contribution in [0, 0.1) is 0 Å². The van der Waals surface area contributed by atoms with Crippen molar-refractivity contribution in [3.05, 3.63) is 11.7 Å². The van der Waals surface area contributed by atoms with Crippen molar-refractivity contribution >= 4 is 15.9 Å². The van der Waals surface area contributed by atoms with E-state index >= 15 is 0 Å². The first-order valence-electron chi connectivity index (χ1n) is 9.69. The third-order valence-corrected chi connectivity index (χ3v) is 7.29. The van der Waals surface area contributed by atoms with Crippen LogP contribution in [0.3, 0.4) is 0 Å². The molecule has 0 bridgehead atoms. The third-order valence-electron chi connectivity index (χ3n) is 5.21. The molecule has 2 aliphatic heterocycles. The highest BCUT2D eigenvalue weighted by molar-refractivity contribution is 7.89. The van der Waals surface area contributed by atoms with Crippen molar-refractivity contribution < 1.29 is 17.7 Å². The van der Waals surface area contributed by atoms with Crippen molar-refractivity contribution in [2.24, 2.45) is 0 Å². The molecule has 0 saturated carbocycles. The molecule has 1 aromatic rings. The Bertz CT molecular complexity index is 742. The van der Waals surface area contributed by atoms with Gasteiger partial charge >= 0.3 is 0 Å². The van der Waals surface area contributed by atoms with Crippen LogP contribution < -0.4 is 0 Å². The van der Waals surface area contributed by atoms with Gasteiger partial charge in [0.05, 0.1) is 11.8 Å². The molecular formula is C17H29N5O4S. The number of piperazine rings is 1. The van der Waals surface area contributed by atoms with Crippen molar-refractivity contribution in [2.75, 3.05) is 45.5 Å². The van der Waals surface area contributed by atoms with Gasteiger partial charge in [0.15, 0.2) is 5.82 Å². The van der Waals surface area contributed by atoms with Crippen molar-refractivity contribution in [1.29, 1.82) is 0 Å². The molecule has 3 rings (SSSR count). The van der Waals surface area contributed by atoms with E-state index in [-0.39, 0.29) is 17.7 Å². The predicted molar refractivity (Wildman–Crippen MR) is 99.5 cm³/mol. The maximum absolute atomic E-state index is 12.4. The normalized spacial score (nSPS) is 22.4. The number of likely N-dealkylation sites (N-methyl/N-ethyl adjacent to an activating group) is 1. The van der Waals surface area contributed by atoms with Crippen LogP contribution in [0.25, 0.3) is 0 Å². The summed E-state index contributed by atoms with van der Waals surface area (Å²) in [7, 11) is -1.25. The number of rotatable bonds is 7. The van der Waals surface area contributed by atoms with E-state index in [1.807, 2.05) is 11.8 Å². The van der Waals surface area contributed by atoms with Gasteiger partial charge in [0.1, 0.15) is 0 Å². The molecule has 2 aliphatic rings. The molecule has 0 aromatic carbocycles. The van der Waals surface area contributed by atoms with Crippen molar-refractivity contribution in [2.45, 2.75) is 45.1 Å². The summed E-state index contributed by atoms with van der Waals surface area (Å²) in [5.74, 6) is 1.03. The number of nitrogens with zero attached hydrogens (tertiary/aromatic N) is 5. The maximum Gasteiger partial charge on any atom is 0.227 e. The van der Waals surface area contributed by atoms with Gasteiger partial charge in [-0.05, 0) is 26.3 Å². The molecule has 27 heavy (non-hydrogen) atoms. The summed E-state index contributed by atoms with van der Waals surface area (Å²) >= 11 is 0. The molecule has 9 nitrogen and oxygen atoms in total. The molecule has 1 amide bonds. The summed E-state index contributed by atoms with van der Waals surface area (Å²) in [6.45, 7) is 5.62. The van der Waals surface area contributed by atoms with Crippen LogP contribution in [0.15, 0.2) is 4.52 Å². The molecule has 2 fully saturated rings. The van der Waals surface area contributed by atoms with Gasteiger partial charge in [-0.25, -0.2) is 8.42 Å². The number of aryl methyl sites for hydroxylation is 1. The van der Waals surface area contributed by atoms with Gasteiger partial charge in [-0.3, -0.25) is 4.79 Å². The van der Waals surface area contributed by atoms with Crippen LogP contribution in [-0.2, 0) is 21.2 Å². The highest BCUT2D eigenvalue weighted by atomic mass is 32.2. The van der Waals surface area contributed by atoms with Crippen molar-refractivity contribution in [3.8, 4) is 0 Å². The Balaban J connectivity index is 1.57. The van der Waals surface area contributed by atoms with Gasteiger partial charge < -0.3 is 14.3 Å². The predicted octanol–water partition coefficient (Wildman–Crippen LogP) is 0.653. The van der Waals surface area contributed by atoms with E-state index in [0.29, 0.717) is 43.9 Å². The molecule has 1 aromatic heterocycles. The zero-order chi connectivity index (χ0) is 19.4. The average Bonchev–Trinajstić information content (AvgIpc) is 3.29. The Morgan fingerprint density at radius 3 is 2.67 bits per heavy atom. The minimum Gasteiger partial charge on any atom is -0.340 e. The second-order valence-electron chi connectivity index (χ2n) is 7.32. The topological polar surface area (TPSA) is 99.8 Å². The van der Waals surface area contributed by atoms with E-state index in [1.165, 1.54) is 4.31 Å². The second kappa shape index (κ2) is 8.66. The summed E-state index contributed by atoms with van der Waals surface area (Å²) in [5.41, 5.74) is 0. The molecule has 3 heterocycles. The van der Waals surface area contributed by atoms with Crippen LogP contribution in [0.2, 0.25) is 0 Å². The van der Waals surface area contributed by atoms with Crippen LogP contribution in [0.1, 0.15) is 50.4 Å². The van der Waals surface area contributed by atoms with Gasteiger partial charge in [0.2, 0.25) is 21.8 Å². The Labute approximate surface area is 160 Å². The standard InChI is InChI=1S/C17H29N5O4S/c1-3-13-27(24,25)22-8-4-5-14(22)17-18-15(26-19-17)6-7-16(23)21-11-9-20(2)10-12-21/h14H,3-13H2,1-2H3. The Morgan fingerprint density at radius 2 is 1.96 bits per heavy atom. The number of carbonyl (C=O) groups is 1. The first kappa shape index (κ1) is 20.2. The number of hydrogen-bond donors (Lipinski definition) is 0. The average molecular weight is 400 g/mol. The highest BCUT2D eigenvalue weighted by Gasteiger charge is 2.37. The molecule has 2 saturated heterocycles. The number of carbonyl (C=O) groups excluding carboxylic acids is 1. The van der Waals surface area contributed by atoms with E-state index < -0.39 is 10.0 Å². The second-order valence-corrected chi connectivity index (χ2v) is 9.36. The summed E-state index contributed by atoms with van der Waals surface area (Å²) in [4.78, 5) is 20.8. The fraction of sp³-hybridized carbons (Fsp3) is 0.824. The lowest BCUT2D eigenvalue weighted by Crippen LogP contribution is -2.47. The summed E-state index contributed by atoms with van der Waals surface area (Å²) in [6.07, 6.45) is 2.78. The zero-order valence-corrected chi connectivity index (χ0v) is 16.9. The van der Waals surface area contributed by atoms with Gasteiger partial charge in [0.25, 0.3) is 0 Å². The van der Waals surface area contributed by atoms with Crippen LogP contribution >= 0.6 is 0 Å². The van der Waals surface area contributed by atoms with Crippen molar-refractivity contribution in [3.63, 3.8) is 0 Å². The number of sulfonamides is 1. The van der Waals surface area contributed by atoms with Gasteiger partial charge in [-0.1, -0.05) is 12.1 Å². The molecular weight excluding hydrogens is 370 g/mol. The molecule has 1 atom stereocenters. The maximum atomic E-state index is 12.4. The Morgan fingerprint density at radius 1 is 1.22 bits per heavy atom. The number of amides is 1. The fourth-order valence-electron chi connectivity index (χ4n) is 3.64. The SMILES string of the molecule is CCCS(=O)(=O)N1CCCC1c1noc(CCC(=O)N2CCN(C)CC2)n1. The summed E-state index contributed by atoms with van der Waals surface area (Å²) in [5, 5.41) is 4.00. The Hall–Kier alpha value is -1.52. The van der Waals surface area contributed by atoms with Gasteiger partial charge in [0, 0.05) is 45.6 Å². The lowest BCUT2D eigenvalue weighted by Gasteiger charge is -2.32. The van der Waals surface area contributed by atoms with Crippen LogP contribution in [0.4, 0.5) is 0 Å². The monoisotopic (exact) mass is 399 g/mol. The quantitative estimate of drug-likeness (QED) is 0.664. The van der Waals surface area contributed by atoms with Gasteiger partial charge in [-0.15, -0.1) is 0 Å². The largest absolute Gasteiger partial charge is 0.340 e. The first-order chi connectivity index (χ1) is 12.9. The molecule has 0 aliphatic carbocycles. The first-order valence-corrected chi connectivity index (χ1v) is 11.3. The minimum atomic E-state index is -3.30. The lowest BCUT2D eigenvalue weighted by molar-refractivity contribution is -0.132. The molecule has 0 radical (unpaired) electrons.